The number of hydrazine groups is 1. The van der Waals surface area contributed by atoms with Crippen molar-refractivity contribution in [3.05, 3.63) is 10.7 Å². The number of nitrogens with one attached hydrogen (secondary N) is 2. The van der Waals surface area contributed by atoms with Crippen LogP contribution in [0.1, 0.15) is 25.7 Å². The Morgan fingerprint density at radius 1 is 1.37 bits per heavy atom. The van der Waals surface area contributed by atoms with Gasteiger partial charge in [-0.25, -0.2) is 10.8 Å². The fraction of sp³-hybridized carbons (Fsp3) is 0.667. The Labute approximate surface area is 121 Å². The highest BCUT2D eigenvalue weighted by Crippen LogP contribution is 2.30. The van der Waals surface area contributed by atoms with E-state index in [1.807, 2.05) is 0 Å². The van der Waals surface area contributed by atoms with Crippen LogP contribution in [0.5, 0.6) is 0 Å². The molecule has 7 heteroatoms. The van der Waals surface area contributed by atoms with Gasteiger partial charge in [-0.2, -0.15) is 4.98 Å². The largest absolute Gasteiger partial charge is 0.396 e. The summed E-state index contributed by atoms with van der Waals surface area (Å²) in [5.74, 6) is 7.30. The summed E-state index contributed by atoms with van der Waals surface area (Å²) in [4.78, 5) is 8.27. The first-order valence-corrected chi connectivity index (χ1v) is 7.37. The average molecular weight is 330 g/mol. The average Bonchev–Trinajstić information content (AvgIpc) is 2.46. The number of rotatable bonds is 5. The fourth-order valence-corrected chi connectivity index (χ4v) is 2.91. The highest BCUT2D eigenvalue weighted by Gasteiger charge is 2.24. The lowest BCUT2D eigenvalue weighted by molar-refractivity contribution is 0.141. The third-order valence-corrected chi connectivity index (χ3v) is 4.29. The highest BCUT2D eigenvalue weighted by molar-refractivity contribution is 9.10. The first-order chi connectivity index (χ1) is 9.24. The van der Waals surface area contributed by atoms with Crippen LogP contribution in [0.2, 0.25) is 0 Å². The van der Waals surface area contributed by atoms with Crippen molar-refractivity contribution in [1.82, 2.24) is 9.97 Å². The normalized spacial score (nSPS) is 23.1. The van der Waals surface area contributed by atoms with Crippen LogP contribution in [0.4, 0.5) is 11.8 Å². The van der Waals surface area contributed by atoms with Crippen LogP contribution in [-0.2, 0) is 0 Å². The van der Waals surface area contributed by atoms with E-state index in [0.29, 0.717) is 17.8 Å². The summed E-state index contributed by atoms with van der Waals surface area (Å²) in [5.41, 5.74) is 2.43. The van der Waals surface area contributed by atoms with E-state index >= 15 is 0 Å². The van der Waals surface area contributed by atoms with Gasteiger partial charge in [0.25, 0.3) is 0 Å². The van der Waals surface area contributed by atoms with E-state index in [4.69, 9.17) is 5.84 Å². The predicted octanol–water partition coefficient (Wildman–Crippen LogP) is 1.74. The quantitative estimate of drug-likeness (QED) is 0.485. The molecule has 1 aliphatic carbocycles. The van der Waals surface area contributed by atoms with Crippen LogP contribution in [-0.4, -0.2) is 28.2 Å². The Morgan fingerprint density at radius 3 is 2.79 bits per heavy atom. The van der Waals surface area contributed by atoms with Crippen molar-refractivity contribution in [1.29, 1.82) is 0 Å². The lowest BCUT2D eigenvalue weighted by Gasteiger charge is -2.30. The molecule has 0 aliphatic heterocycles. The molecule has 106 valence electrons. The molecule has 1 heterocycles. The van der Waals surface area contributed by atoms with Gasteiger partial charge < -0.3 is 10.4 Å². The number of nitrogens with two attached hydrogens (primary N) is 1. The standard InChI is InChI=1S/C12H20BrN5O/c13-10-6-16-12(18-14)17-11(10)15-5-8-3-1-2-4-9(8)7-19/h6,8-9,19H,1-5,7,14H2,(H2,15,16,17,18). The molecule has 0 amide bonds. The number of aliphatic hydroxyl groups excluding tert-OH is 1. The molecular weight excluding hydrogens is 310 g/mol. The third-order valence-electron chi connectivity index (χ3n) is 3.71. The van der Waals surface area contributed by atoms with Gasteiger partial charge in [-0.05, 0) is 40.6 Å². The van der Waals surface area contributed by atoms with Gasteiger partial charge >= 0.3 is 0 Å². The summed E-state index contributed by atoms with van der Waals surface area (Å²) in [6, 6.07) is 0. The molecule has 0 saturated heterocycles. The zero-order valence-corrected chi connectivity index (χ0v) is 12.4. The van der Waals surface area contributed by atoms with Crippen LogP contribution < -0.4 is 16.6 Å². The van der Waals surface area contributed by atoms with Crippen LogP contribution in [0.15, 0.2) is 10.7 Å². The van der Waals surface area contributed by atoms with Gasteiger partial charge in [-0.1, -0.05) is 12.8 Å². The Bertz CT molecular complexity index is 417. The van der Waals surface area contributed by atoms with Crippen molar-refractivity contribution in [2.45, 2.75) is 25.7 Å². The minimum absolute atomic E-state index is 0.271. The third kappa shape index (κ3) is 3.77. The van der Waals surface area contributed by atoms with Gasteiger partial charge in [0.05, 0.1) is 4.47 Å². The lowest BCUT2D eigenvalue weighted by atomic mass is 9.79. The van der Waals surface area contributed by atoms with Gasteiger partial charge in [0.2, 0.25) is 5.95 Å². The van der Waals surface area contributed by atoms with Gasteiger partial charge in [0, 0.05) is 19.3 Å². The molecule has 0 bridgehead atoms. The molecule has 19 heavy (non-hydrogen) atoms. The second-order valence-corrected chi connectivity index (χ2v) is 5.76. The van der Waals surface area contributed by atoms with Crippen molar-refractivity contribution < 1.29 is 5.11 Å². The minimum Gasteiger partial charge on any atom is -0.396 e. The van der Waals surface area contributed by atoms with E-state index in [1.54, 1.807) is 6.20 Å². The molecule has 1 aromatic rings. The summed E-state index contributed by atoms with van der Waals surface area (Å²) >= 11 is 3.41. The first-order valence-electron chi connectivity index (χ1n) is 6.58. The maximum absolute atomic E-state index is 9.41. The van der Waals surface area contributed by atoms with Crippen molar-refractivity contribution in [2.75, 3.05) is 23.9 Å². The topological polar surface area (TPSA) is 96.1 Å². The second kappa shape index (κ2) is 7.02. The van der Waals surface area contributed by atoms with E-state index in [0.717, 1.165) is 29.7 Å². The Morgan fingerprint density at radius 2 is 2.11 bits per heavy atom. The summed E-state index contributed by atoms with van der Waals surface area (Å²) in [6.07, 6.45) is 6.39. The summed E-state index contributed by atoms with van der Waals surface area (Å²) < 4.78 is 0.808. The van der Waals surface area contributed by atoms with Crippen LogP contribution in [0, 0.1) is 11.8 Å². The van der Waals surface area contributed by atoms with Gasteiger partial charge in [-0.15, -0.1) is 0 Å². The molecule has 0 aromatic carbocycles. The number of nitrogens with zero attached hydrogens (tertiary/aromatic N) is 2. The molecule has 6 nitrogen and oxygen atoms in total. The van der Waals surface area contributed by atoms with E-state index in [2.05, 4.69) is 36.6 Å². The summed E-state index contributed by atoms with van der Waals surface area (Å²) in [7, 11) is 0. The van der Waals surface area contributed by atoms with Gasteiger partial charge in [0.15, 0.2) is 0 Å². The number of hydrogen-bond acceptors (Lipinski definition) is 6. The second-order valence-electron chi connectivity index (χ2n) is 4.90. The van der Waals surface area contributed by atoms with Crippen LogP contribution in [0.25, 0.3) is 0 Å². The van der Waals surface area contributed by atoms with Crippen LogP contribution >= 0.6 is 15.9 Å². The maximum atomic E-state index is 9.41. The molecule has 2 atom stereocenters. The number of halogens is 1. The first kappa shape index (κ1) is 14.5. The monoisotopic (exact) mass is 329 g/mol. The SMILES string of the molecule is NNc1ncc(Br)c(NCC2CCCCC2CO)n1. The number of hydrogen-bond donors (Lipinski definition) is 4. The Kier molecular flexibility index (Phi) is 5.35. The molecule has 1 fully saturated rings. The van der Waals surface area contributed by atoms with Crippen molar-refractivity contribution in [3.8, 4) is 0 Å². The van der Waals surface area contributed by atoms with E-state index < -0.39 is 0 Å². The Hall–Kier alpha value is -0.920. The fourth-order valence-electron chi connectivity index (χ4n) is 2.58. The highest BCUT2D eigenvalue weighted by atomic mass is 79.9. The predicted molar refractivity (Wildman–Crippen MR) is 78.6 cm³/mol. The van der Waals surface area contributed by atoms with E-state index in [1.165, 1.54) is 12.8 Å². The number of anilines is 2. The molecule has 1 aliphatic rings. The minimum atomic E-state index is 0.271. The molecule has 2 unspecified atom stereocenters. The molecule has 1 aromatic heterocycles. The van der Waals surface area contributed by atoms with Gasteiger partial charge in [-0.3, -0.25) is 5.43 Å². The maximum Gasteiger partial charge on any atom is 0.239 e. The summed E-state index contributed by atoms with van der Waals surface area (Å²) in [5, 5.41) is 12.7. The van der Waals surface area contributed by atoms with Crippen LogP contribution in [0.3, 0.4) is 0 Å². The molecular formula is C12H20BrN5O. The van der Waals surface area contributed by atoms with E-state index in [-0.39, 0.29) is 6.61 Å². The molecule has 0 radical (unpaired) electrons. The van der Waals surface area contributed by atoms with Crippen molar-refractivity contribution in [3.63, 3.8) is 0 Å². The number of aromatic nitrogens is 2. The smallest absolute Gasteiger partial charge is 0.239 e. The number of aliphatic hydroxyl groups is 1. The van der Waals surface area contributed by atoms with Crippen molar-refractivity contribution >= 4 is 27.7 Å². The summed E-state index contributed by atoms with van der Waals surface area (Å²) in [6.45, 7) is 1.08. The van der Waals surface area contributed by atoms with Crippen molar-refractivity contribution in [2.24, 2.45) is 17.7 Å². The molecule has 0 spiro atoms. The zero-order valence-electron chi connectivity index (χ0n) is 10.8. The van der Waals surface area contributed by atoms with E-state index in [9.17, 15) is 5.11 Å². The van der Waals surface area contributed by atoms with Gasteiger partial charge in [0.1, 0.15) is 5.82 Å². The number of nitrogen functional groups attached to an aromatic ring is 1. The Balaban J connectivity index is 1.97. The molecule has 2 rings (SSSR count). The molecule has 5 N–H and O–H groups in total. The zero-order chi connectivity index (χ0) is 13.7. The lowest BCUT2D eigenvalue weighted by Crippen LogP contribution is -2.29. The molecule has 1 saturated carbocycles.